The van der Waals surface area contributed by atoms with E-state index in [9.17, 15) is 0 Å². The molecular weight excluding hydrogens is 350 g/mol. The number of aryl methyl sites for hydroxylation is 1. The molecule has 1 atom stereocenters. The lowest BCUT2D eigenvalue weighted by molar-refractivity contribution is 0.455. The molecule has 0 aliphatic carbocycles. The van der Waals surface area contributed by atoms with Crippen LogP contribution in [0.5, 0.6) is 0 Å². The number of piperidine rings is 1. The first kappa shape index (κ1) is 20.2. The molecular formula is C22H33N5O. The SMILES string of the molecule is CCC(C)NC(=NCCc1ccco1)NC1CCN(c2ccc(C)cn2)CC1. The fourth-order valence-electron chi connectivity index (χ4n) is 3.29. The Labute approximate surface area is 168 Å². The molecule has 0 saturated carbocycles. The van der Waals surface area contributed by atoms with E-state index in [1.165, 1.54) is 5.56 Å². The molecule has 1 aliphatic rings. The largest absolute Gasteiger partial charge is 0.469 e. The second-order valence-corrected chi connectivity index (χ2v) is 7.61. The van der Waals surface area contributed by atoms with Gasteiger partial charge in [-0.25, -0.2) is 4.98 Å². The van der Waals surface area contributed by atoms with Gasteiger partial charge in [-0.2, -0.15) is 0 Å². The quantitative estimate of drug-likeness (QED) is 0.566. The summed E-state index contributed by atoms with van der Waals surface area (Å²) in [6, 6.07) is 9.00. The second-order valence-electron chi connectivity index (χ2n) is 7.61. The highest BCUT2D eigenvalue weighted by atomic mass is 16.3. The Bertz CT molecular complexity index is 718. The molecule has 0 spiro atoms. The molecule has 2 aromatic rings. The van der Waals surface area contributed by atoms with Crippen LogP contribution in [0.2, 0.25) is 0 Å². The van der Waals surface area contributed by atoms with E-state index in [4.69, 9.17) is 9.41 Å². The topological polar surface area (TPSA) is 65.7 Å². The van der Waals surface area contributed by atoms with Gasteiger partial charge >= 0.3 is 0 Å². The number of aliphatic imine (C=N–C) groups is 1. The third-order valence-corrected chi connectivity index (χ3v) is 5.26. The summed E-state index contributed by atoms with van der Waals surface area (Å²) in [5.74, 6) is 2.97. The van der Waals surface area contributed by atoms with Crippen LogP contribution < -0.4 is 15.5 Å². The molecule has 1 saturated heterocycles. The molecule has 3 heterocycles. The molecule has 1 unspecified atom stereocenters. The third-order valence-electron chi connectivity index (χ3n) is 5.26. The lowest BCUT2D eigenvalue weighted by Gasteiger charge is -2.34. The molecule has 0 radical (unpaired) electrons. The summed E-state index contributed by atoms with van der Waals surface area (Å²) < 4.78 is 5.41. The van der Waals surface area contributed by atoms with Crippen molar-refractivity contribution in [3.8, 4) is 0 Å². The van der Waals surface area contributed by atoms with E-state index in [2.05, 4.69) is 53.4 Å². The smallest absolute Gasteiger partial charge is 0.191 e. The van der Waals surface area contributed by atoms with Crippen molar-refractivity contribution in [3.05, 3.63) is 48.0 Å². The lowest BCUT2D eigenvalue weighted by atomic mass is 10.1. The van der Waals surface area contributed by atoms with Crippen LogP contribution in [0.15, 0.2) is 46.1 Å². The van der Waals surface area contributed by atoms with Crippen LogP contribution in [-0.2, 0) is 6.42 Å². The maximum absolute atomic E-state index is 5.41. The summed E-state index contributed by atoms with van der Waals surface area (Å²) in [5, 5.41) is 7.17. The minimum absolute atomic E-state index is 0.395. The summed E-state index contributed by atoms with van der Waals surface area (Å²) >= 11 is 0. The van der Waals surface area contributed by atoms with Crippen LogP contribution in [-0.4, -0.2) is 42.7 Å². The van der Waals surface area contributed by atoms with Gasteiger partial charge in [0.05, 0.1) is 6.26 Å². The van der Waals surface area contributed by atoms with Gasteiger partial charge in [-0.05, 0) is 56.9 Å². The van der Waals surface area contributed by atoms with Crippen molar-refractivity contribution in [2.45, 2.75) is 58.5 Å². The average molecular weight is 384 g/mol. The Morgan fingerprint density at radius 1 is 1.32 bits per heavy atom. The van der Waals surface area contributed by atoms with E-state index < -0.39 is 0 Å². The Balaban J connectivity index is 1.52. The van der Waals surface area contributed by atoms with Crippen LogP contribution in [0, 0.1) is 6.92 Å². The second kappa shape index (κ2) is 10.2. The molecule has 3 rings (SSSR count). The van der Waals surface area contributed by atoms with Crippen LogP contribution in [0.1, 0.15) is 44.4 Å². The molecule has 0 bridgehead atoms. The van der Waals surface area contributed by atoms with Crippen LogP contribution in [0.25, 0.3) is 0 Å². The zero-order chi connectivity index (χ0) is 19.8. The molecule has 2 aromatic heterocycles. The minimum atomic E-state index is 0.395. The third kappa shape index (κ3) is 6.01. The Morgan fingerprint density at radius 3 is 2.79 bits per heavy atom. The van der Waals surface area contributed by atoms with E-state index in [1.54, 1.807) is 6.26 Å². The van der Waals surface area contributed by atoms with Gasteiger partial charge in [0.2, 0.25) is 0 Å². The standard InChI is InChI=1S/C22H33N5O/c1-4-18(3)25-22(23-12-9-20-6-5-15-28-20)26-19-10-13-27(14-11-19)21-8-7-17(2)16-24-21/h5-8,15-16,18-19H,4,9-14H2,1-3H3,(H2,23,25,26). The van der Waals surface area contributed by atoms with Crippen molar-refractivity contribution in [1.29, 1.82) is 0 Å². The highest BCUT2D eigenvalue weighted by molar-refractivity contribution is 5.80. The number of pyridine rings is 1. The summed E-state index contributed by atoms with van der Waals surface area (Å²) in [5.41, 5.74) is 1.20. The van der Waals surface area contributed by atoms with E-state index in [1.807, 2.05) is 18.3 Å². The molecule has 28 heavy (non-hydrogen) atoms. The van der Waals surface area contributed by atoms with E-state index in [0.29, 0.717) is 18.6 Å². The fraction of sp³-hybridized carbons (Fsp3) is 0.545. The first-order chi connectivity index (χ1) is 13.6. The van der Waals surface area contributed by atoms with Crippen molar-refractivity contribution < 1.29 is 4.42 Å². The van der Waals surface area contributed by atoms with Gasteiger partial charge in [0, 0.05) is 44.3 Å². The highest BCUT2D eigenvalue weighted by Crippen LogP contribution is 2.18. The Kier molecular flexibility index (Phi) is 7.34. The van der Waals surface area contributed by atoms with Gasteiger partial charge in [0.15, 0.2) is 5.96 Å². The molecule has 6 heteroatoms. The molecule has 152 valence electrons. The number of guanidine groups is 1. The van der Waals surface area contributed by atoms with E-state index in [-0.39, 0.29) is 0 Å². The van der Waals surface area contributed by atoms with Gasteiger partial charge in [-0.3, -0.25) is 4.99 Å². The Morgan fingerprint density at radius 2 is 2.14 bits per heavy atom. The Hall–Kier alpha value is -2.50. The summed E-state index contributed by atoms with van der Waals surface area (Å²) in [7, 11) is 0. The predicted octanol–water partition coefficient (Wildman–Crippen LogP) is 3.53. The highest BCUT2D eigenvalue weighted by Gasteiger charge is 2.21. The van der Waals surface area contributed by atoms with Crippen molar-refractivity contribution in [2.75, 3.05) is 24.5 Å². The van der Waals surface area contributed by atoms with Gasteiger partial charge in [0.1, 0.15) is 11.6 Å². The number of anilines is 1. The van der Waals surface area contributed by atoms with Crippen LogP contribution in [0.4, 0.5) is 5.82 Å². The van der Waals surface area contributed by atoms with Crippen molar-refractivity contribution in [3.63, 3.8) is 0 Å². The maximum Gasteiger partial charge on any atom is 0.191 e. The lowest BCUT2D eigenvalue weighted by Crippen LogP contribution is -2.50. The minimum Gasteiger partial charge on any atom is -0.469 e. The van der Waals surface area contributed by atoms with Gasteiger partial charge in [-0.1, -0.05) is 13.0 Å². The average Bonchev–Trinajstić information content (AvgIpc) is 3.22. The van der Waals surface area contributed by atoms with Gasteiger partial charge < -0.3 is 20.0 Å². The number of nitrogens with one attached hydrogen (secondary N) is 2. The first-order valence-corrected chi connectivity index (χ1v) is 10.4. The zero-order valence-corrected chi connectivity index (χ0v) is 17.3. The van der Waals surface area contributed by atoms with E-state index >= 15 is 0 Å². The summed E-state index contributed by atoms with van der Waals surface area (Å²) in [4.78, 5) is 11.7. The maximum atomic E-state index is 5.41. The van der Waals surface area contributed by atoms with Gasteiger partial charge in [-0.15, -0.1) is 0 Å². The number of nitrogens with zero attached hydrogens (tertiary/aromatic N) is 3. The number of hydrogen-bond acceptors (Lipinski definition) is 4. The van der Waals surface area contributed by atoms with Crippen molar-refractivity contribution in [1.82, 2.24) is 15.6 Å². The van der Waals surface area contributed by atoms with E-state index in [0.717, 1.165) is 56.3 Å². The zero-order valence-electron chi connectivity index (χ0n) is 17.3. The molecule has 1 aliphatic heterocycles. The number of furan rings is 1. The van der Waals surface area contributed by atoms with Crippen molar-refractivity contribution in [2.24, 2.45) is 4.99 Å². The van der Waals surface area contributed by atoms with Crippen molar-refractivity contribution >= 4 is 11.8 Å². The monoisotopic (exact) mass is 383 g/mol. The molecule has 0 amide bonds. The number of hydrogen-bond donors (Lipinski definition) is 2. The predicted molar refractivity (Wildman–Crippen MR) is 115 cm³/mol. The number of aromatic nitrogens is 1. The van der Waals surface area contributed by atoms with Crippen LogP contribution >= 0.6 is 0 Å². The molecule has 1 fully saturated rings. The normalized spacial score (nSPS) is 16.8. The first-order valence-electron chi connectivity index (χ1n) is 10.4. The fourth-order valence-corrected chi connectivity index (χ4v) is 3.29. The van der Waals surface area contributed by atoms with Gasteiger partial charge in [0.25, 0.3) is 0 Å². The number of rotatable bonds is 7. The summed E-state index contributed by atoms with van der Waals surface area (Å²) in [6.45, 7) is 9.18. The molecule has 0 aromatic carbocycles. The molecule has 6 nitrogen and oxygen atoms in total. The summed E-state index contributed by atoms with van der Waals surface area (Å²) in [6.07, 6.45) is 7.70. The molecule has 2 N–H and O–H groups in total. The van der Waals surface area contributed by atoms with Crippen LogP contribution in [0.3, 0.4) is 0 Å².